The third-order valence-corrected chi connectivity index (χ3v) is 3.80. The molecule has 0 aliphatic rings. The molecular weight excluding hydrogens is 256 g/mol. The van der Waals surface area contributed by atoms with Gasteiger partial charge in [0.15, 0.2) is 0 Å². The highest BCUT2D eigenvalue weighted by atomic mass is 15.1. The first-order chi connectivity index (χ1) is 10.4. The number of hydrogen-bond donors (Lipinski definition) is 0. The van der Waals surface area contributed by atoms with Gasteiger partial charge in [-0.1, -0.05) is 67.6 Å². The monoisotopic (exact) mass is 277 g/mol. The first-order valence-electron chi connectivity index (χ1n) is 7.52. The maximum Gasteiger partial charge on any atom is 0.256 e. The SMILES string of the molecule is CCc1n(Cc2ccccc2)cc[n+]1Cc1ccccc1. The Morgan fingerprint density at radius 3 is 2.10 bits per heavy atom. The smallest absolute Gasteiger partial charge is 0.230 e. The lowest BCUT2D eigenvalue weighted by Crippen LogP contribution is -2.37. The van der Waals surface area contributed by atoms with Crippen LogP contribution in [0.3, 0.4) is 0 Å². The molecule has 2 aromatic carbocycles. The molecule has 0 saturated heterocycles. The molecule has 0 atom stereocenters. The van der Waals surface area contributed by atoms with E-state index in [1.807, 2.05) is 0 Å². The molecular formula is C19H21N2+. The molecule has 3 rings (SSSR count). The molecule has 0 N–H and O–H groups in total. The van der Waals surface area contributed by atoms with Gasteiger partial charge in [0.1, 0.15) is 25.5 Å². The van der Waals surface area contributed by atoms with Crippen LogP contribution in [0.4, 0.5) is 0 Å². The molecule has 0 aliphatic heterocycles. The summed E-state index contributed by atoms with van der Waals surface area (Å²) in [5.41, 5.74) is 2.68. The Morgan fingerprint density at radius 2 is 1.48 bits per heavy atom. The van der Waals surface area contributed by atoms with Gasteiger partial charge < -0.3 is 0 Å². The van der Waals surface area contributed by atoms with Gasteiger partial charge >= 0.3 is 0 Å². The molecule has 0 radical (unpaired) electrons. The van der Waals surface area contributed by atoms with Crippen LogP contribution >= 0.6 is 0 Å². The van der Waals surface area contributed by atoms with Crippen molar-refractivity contribution >= 4 is 0 Å². The van der Waals surface area contributed by atoms with E-state index in [1.165, 1.54) is 17.0 Å². The van der Waals surface area contributed by atoms with E-state index in [0.717, 1.165) is 19.5 Å². The molecule has 0 bridgehead atoms. The Hall–Kier alpha value is -2.35. The summed E-state index contributed by atoms with van der Waals surface area (Å²) >= 11 is 0. The number of benzene rings is 2. The van der Waals surface area contributed by atoms with Crippen LogP contribution in [0.1, 0.15) is 23.9 Å². The van der Waals surface area contributed by atoms with Gasteiger partial charge in [-0.15, -0.1) is 0 Å². The van der Waals surface area contributed by atoms with Crippen LogP contribution in [0, 0.1) is 0 Å². The fraction of sp³-hybridized carbons (Fsp3) is 0.211. The van der Waals surface area contributed by atoms with Crippen molar-refractivity contribution in [3.05, 3.63) is 90.0 Å². The highest BCUT2D eigenvalue weighted by Crippen LogP contribution is 2.06. The molecule has 21 heavy (non-hydrogen) atoms. The number of aromatic nitrogens is 2. The summed E-state index contributed by atoms with van der Waals surface area (Å²) in [6.07, 6.45) is 5.41. The van der Waals surface area contributed by atoms with Gasteiger partial charge in [-0.2, -0.15) is 0 Å². The summed E-state index contributed by atoms with van der Waals surface area (Å²) < 4.78 is 4.69. The van der Waals surface area contributed by atoms with Gasteiger partial charge in [-0.25, -0.2) is 9.13 Å². The fourth-order valence-electron chi connectivity index (χ4n) is 2.75. The quantitative estimate of drug-likeness (QED) is 0.632. The Balaban J connectivity index is 1.83. The van der Waals surface area contributed by atoms with Crippen molar-refractivity contribution < 1.29 is 4.57 Å². The van der Waals surface area contributed by atoms with Crippen molar-refractivity contribution in [2.24, 2.45) is 0 Å². The van der Waals surface area contributed by atoms with E-state index in [-0.39, 0.29) is 0 Å². The van der Waals surface area contributed by atoms with E-state index in [1.54, 1.807) is 0 Å². The second kappa shape index (κ2) is 6.40. The molecule has 0 saturated carbocycles. The molecule has 2 nitrogen and oxygen atoms in total. The van der Waals surface area contributed by atoms with E-state index < -0.39 is 0 Å². The van der Waals surface area contributed by atoms with Crippen molar-refractivity contribution in [2.75, 3.05) is 0 Å². The van der Waals surface area contributed by atoms with Crippen molar-refractivity contribution in [2.45, 2.75) is 26.4 Å². The summed E-state index contributed by atoms with van der Waals surface area (Å²) in [5, 5.41) is 0. The van der Waals surface area contributed by atoms with E-state index in [0.29, 0.717) is 0 Å². The average Bonchev–Trinajstić information content (AvgIpc) is 2.91. The van der Waals surface area contributed by atoms with Crippen LogP contribution in [0.25, 0.3) is 0 Å². The van der Waals surface area contributed by atoms with Crippen LogP contribution in [0.15, 0.2) is 73.1 Å². The van der Waals surface area contributed by atoms with Crippen LogP contribution in [0.5, 0.6) is 0 Å². The maximum absolute atomic E-state index is 2.35. The molecule has 2 heteroatoms. The third kappa shape index (κ3) is 3.22. The van der Waals surface area contributed by atoms with E-state index in [9.17, 15) is 0 Å². The molecule has 0 spiro atoms. The zero-order chi connectivity index (χ0) is 14.5. The predicted octanol–water partition coefficient (Wildman–Crippen LogP) is 3.43. The van der Waals surface area contributed by atoms with Gasteiger partial charge in [-0.3, -0.25) is 0 Å². The van der Waals surface area contributed by atoms with Gasteiger partial charge in [0, 0.05) is 6.42 Å². The lowest BCUT2D eigenvalue weighted by Gasteiger charge is -2.04. The van der Waals surface area contributed by atoms with Crippen molar-refractivity contribution in [3.63, 3.8) is 0 Å². The number of rotatable bonds is 5. The first-order valence-corrected chi connectivity index (χ1v) is 7.52. The first kappa shape index (κ1) is 13.6. The zero-order valence-corrected chi connectivity index (χ0v) is 12.4. The van der Waals surface area contributed by atoms with E-state index >= 15 is 0 Å². The van der Waals surface area contributed by atoms with E-state index in [2.05, 4.69) is 89.1 Å². The Kier molecular flexibility index (Phi) is 4.15. The molecule has 1 aromatic heterocycles. The largest absolute Gasteiger partial charge is 0.256 e. The van der Waals surface area contributed by atoms with Gasteiger partial charge in [-0.05, 0) is 11.1 Å². The maximum atomic E-state index is 2.35. The second-order valence-electron chi connectivity index (χ2n) is 5.29. The molecule has 0 unspecified atom stereocenters. The lowest BCUT2D eigenvalue weighted by atomic mass is 10.2. The van der Waals surface area contributed by atoms with Gasteiger partial charge in [0.05, 0.1) is 0 Å². The lowest BCUT2D eigenvalue weighted by molar-refractivity contribution is -0.695. The van der Waals surface area contributed by atoms with Crippen molar-refractivity contribution in [1.29, 1.82) is 0 Å². The fourth-order valence-corrected chi connectivity index (χ4v) is 2.75. The standard InChI is InChI=1S/C19H21N2/c1-2-19-20(15-17-9-5-3-6-10-17)13-14-21(19)16-18-11-7-4-8-12-18/h3-14H,2,15-16H2,1H3/q+1. The van der Waals surface area contributed by atoms with Gasteiger partial charge in [0.2, 0.25) is 0 Å². The van der Waals surface area contributed by atoms with Crippen molar-refractivity contribution in [3.8, 4) is 0 Å². The molecule has 3 aromatic rings. The molecule has 106 valence electrons. The summed E-state index contributed by atoms with van der Waals surface area (Å²) in [6.45, 7) is 4.09. The van der Waals surface area contributed by atoms with Crippen LogP contribution in [0.2, 0.25) is 0 Å². The highest BCUT2D eigenvalue weighted by Gasteiger charge is 2.15. The Bertz CT molecular complexity index is 625. The molecule has 1 heterocycles. The summed E-state index contributed by atoms with van der Waals surface area (Å²) in [6, 6.07) is 21.3. The predicted molar refractivity (Wildman–Crippen MR) is 85.1 cm³/mol. The van der Waals surface area contributed by atoms with E-state index in [4.69, 9.17) is 0 Å². The minimum atomic E-state index is 0.936. The van der Waals surface area contributed by atoms with Crippen LogP contribution in [-0.2, 0) is 19.5 Å². The third-order valence-electron chi connectivity index (χ3n) is 3.80. The minimum Gasteiger partial charge on any atom is -0.230 e. The Morgan fingerprint density at radius 1 is 0.857 bits per heavy atom. The Labute approximate surface area is 126 Å². The number of nitrogens with zero attached hydrogens (tertiary/aromatic N) is 2. The zero-order valence-electron chi connectivity index (χ0n) is 12.4. The summed E-state index contributed by atoms with van der Waals surface area (Å²) in [4.78, 5) is 0. The number of imidazole rings is 1. The molecule has 0 fully saturated rings. The van der Waals surface area contributed by atoms with Gasteiger partial charge in [0.25, 0.3) is 5.82 Å². The second-order valence-corrected chi connectivity index (χ2v) is 5.29. The minimum absolute atomic E-state index is 0.936. The average molecular weight is 277 g/mol. The summed E-state index contributed by atoms with van der Waals surface area (Å²) in [7, 11) is 0. The van der Waals surface area contributed by atoms with Crippen molar-refractivity contribution in [1.82, 2.24) is 4.57 Å². The molecule has 0 aliphatic carbocycles. The molecule has 0 amide bonds. The number of hydrogen-bond acceptors (Lipinski definition) is 0. The topological polar surface area (TPSA) is 8.81 Å². The highest BCUT2D eigenvalue weighted by molar-refractivity contribution is 5.16. The normalized spacial score (nSPS) is 10.7. The van der Waals surface area contributed by atoms with Crippen LogP contribution < -0.4 is 4.57 Å². The van der Waals surface area contributed by atoms with Crippen LogP contribution in [-0.4, -0.2) is 4.57 Å². The summed E-state index contributed by atoms with van der Waals surface area (Å²) in [5.74, 6) is 1.36.